The minimum atomic E-state index is -0.161. The van der Waals surface area contributed by atoms with E-state index in [0.29, 0.717) is 17.9 Å². The van der Waals surface area contributed by atoms with Crippen LogP contribution in [0.4, 0.5) is 0 Å². The second-order valence-corrected chi connectivity index (χ2v) is 12.0. The van der Waals surface area contributed by atoms with Crippen LogP contribution in [-0.2, 0) is 30.1 Å². The molecule has 0 radical (unpaired) electrons. The summed E-state index contributed by atoms with van der Waals surface area (Å²) in [6.07, 6.45) is 9.71. The maximum Gasteiger partial charge on any atom is 0.122 e. The van der Waals surface area contributed by atoms with E-state index in [2.05, 4.69) is 65.8 Å². The smallest absolute Gasteiger partial charge is 0.122 e. The first kappa shape index (κ1) is 31.2. The third-order valence-electron chi connectivity index (χ3n) is 8.35. The van der Waals surface area contributed by atoms with Crippen LogP contribution in [0.15, 0.2) is 24.3 Å². The number of aromatic hydroxyl groups is 2. The molecule has 0 aromatic heterocycles. The molecule has 0 saturated carbocycles. The molecule has 2 aromatic rings. The molecule has 0 atom stereocenters. The van der Waals surface area contributed by atoms with E-state index < -0.39 is 0 Å². The topological polar surface area (TPSA) is 80.9 Å². The summed E-state index contributed by atoms with van der Waals surface area (Å²) < 4.78 is 0. The second kappa shape index (κ2) is 14.2. The van der Waals surface area contributed by atoms with Crippen molar-refractivity contribution in [3.05, 3.63) is 57.6 Å². The summed E-state index contributed by atoms with van der Waals surface area (Å²) in [5.41, 5.74) is 5.76. The lowest BCUT2D eigenvalue weighted by Gasteiger charge is -2.28. The van der Waals surface area contributed by atoms with Gasteiger partial charge in [-0.2, -0.15) is 0 Å². The molecule has 4 N–H and O–H groups in total. The van der Waals surface area contributed by atoms with Crippen LogP contribution in [0.5, 0.6) is 11.5 Å². The molecule has 2 aromatic carbocycles. The Morgan fingerprint density at radius 3 is 1.27 bits per heavy atom. The summed E-state index contributed by atoms with van der Waals surface area (Å²) in [6.45, 7) is 13.4. The Balaban J connectivity index is 2.55. The summed E-state index contributed by atoms with van der Waals surface area (Å²) in [4.78, 5) is 0. The van der Waals surface area contributed by atoms with Gasteiger partial charge in [0.05, 0.1) is 0 Å². The van der Waals surface area contributed by atoms with Gasteiger partial charge in [0.1, 0.15) is 11.5 Å². The van der Waals surface area contributed by atoms with Crippen molar-refractivity contribution in [2.75, 3.05) is 13.2 Å². The third-order valence-corrected chi connectivity index (χ3v) is 8.35. The van der Waals surface area contributed by atoms with E-state index in [0.717, 1.165) is 86.5 Å². The fourth-order valence-electron chi connectivity index (χ4n) is 4.93. The van der Waals surface area contributed by atoms with E-state index in [-0.39, 0.29) is 24.0 Å². The number of aliphatic hydroxyl groups excluding tert-OH is 2. The van der Waals surface area contributed by atoms with Crippen molar-refractivity contribution in [1.29, 1.82) is 0 Å². The molecule has 0 saturated heterocycles. The largest absolute Gasteiger partial charge is 0.507 e. The average molecular weight is 513 g/mol. The number of unbranched alkanes of at least 4 members (excludes halogenated alkanes) is 4. The normalized spacial score (nSPS) is 12.3. The molecule has 0 unspecified atom stereocenters. The van der Waals surface area contributed by atoms with E-state index in [1.165, 1.54) is 11.1 Å². The molecule has 0 aliphatic rings. The minimum absolute atomic E-state index is 0.161. The van der Waals surface area contributed by atoms with Gasteiger partial charge < -0.3 is 20.4 Å². The number of aryl methyl sites for hydroxylation is 2. The number of phenols is 2. The molecule has 208 valence electrons. The van der Waals surface area contributed by atoms with Crippen LogP contribution in [-0.4, -0.2) is 33.6 Å². The lowest BCUT2D eigenvalue weighted by molar-refractivity contribution is 0.283. The molecule has 0 spiro atoms. The molecular formula is C33H52O4. The fourth-order valence-corrected chi connectivity index (χ4v) is 4.93. The van der Waals surface area contributed by atoms with Crippen molar-refractivity contribution in [2.45, 2.75) is 123 Å². The lowest BCUT2D eigenvalue weighted by atomic mass is 9.77. The summed E-state index contributed by atoms with van der Waals surface area (Å²) in [6, 6.07) is 8.54. The Morgan fingerprint density at radius 1 is 0.568 bits per heavy atom. The van der Waals surface area contributed by atoms with Crippen molar-refractivity contribution in [1.82, 2.24) is 0 Å². The van der Waals surface area contributed by atoms with Crippen LogP contribution < -0.4 is 0 Å². The molecule has 0 bridgehead atoms. The average Bonchev–Trinajstić information content (AvgIpc) is 2.87. The van der Waals surface area contributed by atoms with E-state index in [1.807, 2.05) is 0 Å². The Kier molecular flexibility index (Phi) is 12.0. The predicted molar refractivity (Wildman–Crippen MR) is 155 cm³/mol. The molecule has 0 amide bonds. The third kappa shape index (κ3) is 8.48. The molecule has 4 nitrogen and oxygen atoms in total. The minimum Gasteiger partial charge on any atom is -0.507 e. The summed E-state index contributed by atoms with van der Waals surface area (Å²) in [5.74, 6) is 0.685. The predicted octanol–water partition coefficient (Wildman–Crippen LogP) is 7.47. The number of hydrogen-bond acceptors (Lipinski definition) is 4. The molecule has 0 fully saturated rings. The second-order valence-electron chi connectivity index (χ2n) is 12.0. The van der Waals surface area contributed by atoms with Crippen LogP contribution in [0.2, 0.25) is 0 Å². The van der Waals surface area contributed by atoms with Gasteiger partial charge in [0.25, 0.3) is 0 Å². The zero-order chi connectivity index (χ0) is 27.6. The first-order valence-corrected chi connectivity index (χ1v) is 14.4. The van der Waals surface area contributed by atoms with Gasteiger partial charge in [-0.05, 0) is 84.5 Å². The Morgan fingerprint density at radius 2 is 0.946 bits per heavy atom. The van der Waals surface area contributed by atoms with Crippen LogP contribution in [0, 0.1) is 0 Å². The number of aliphatic hydroxyl groups is 2. The highest BCUT2D eigenvalue weighted by Gasteiger charge is 2.27. The molecule has 0 aliphatic carbocycles. The quantitative estimate of drug-likeness (QED) is 0.176. The van der Waals surface area contributed by atoms with Crippen LogP contribution in [0.1, 0.15) is 126 Å². The van der Waals surface area contributed by atoms with Gasteiger partial charge in [-0.3, -0.25) is 0 Å². The van der Waals surface area contributed by atoms with Crippen LogP contribution in [0.25, 0.3) is 0 Å². The fraction of sp³-hybridized carbons (Fsp3) is 0.636. The van der Waals surface area contributed by atoms with E-state index in [1.54, 1.807) is 0 Å². The van der Waals surface area contributed by atoms with Gasteiger partial charge >= 0.3 is 0 Å². The van der Waals surface area contributed by atoms with Gasteiger partial charge in [0, 0.05) is 30.8 Å². The highest BCUT2D eigenvalue weighted by atomic mass is 16.3. The van der Waals surface area contributed by atoms with E-state index >= 15 is 0 Å². The number of benzene rings is 2. The summed E-state index contributed by atoms with van der Waals surface area (Å²) in [7, 11) is 0. The molecule has 0 heterocycles. The Labute approximate surface area is 225 Å². The highest BCUT2D eigenvalue weighted by molar-refractivity contribution is 5.53. The zero-order valence-electron chi connectivity index (χ0n) is 24.3. The highest BCUT2D eigenvalue weighted by Crippen LogP contribution is 2.41. The molecule has 2 rings (SSSR count). The molecule has 37 heavy (non-hydrogen) atoms. The monoisotopic (exact) mass is 512 g/mol. The zero-order valence-corrected chi connectivity index (χ0v) is 24.3. The van der Waals surface area contributed by atoms with Crippen molar-refractivity contribution < 1.29 is 20.4 Å². The lowest BCUT2D eigenvalue weighted by Crippen LogP contribution is -2.18. The van der Waals surface area contributed by atoms with Crippen molar-refractivity contribution in [2.24, 2.45) is 0 Å². The summed E-state index contributed by atoms with van der Waals surface area (Å²) in [5, 5.41) is 41.2. The SMILES string of the molecule is CCC(C)(C)c1cc(CCCCCO)cc(Cc2cc(CCCCCO)cc(C(C)(C)CC)c2O)c1O. The maximum absolute atomic E-state index is 11.4. The molecule has 0 aliphatic heterocycles. The summed E-state index contributed by atoms with van der Waals surface area (Å²) >= 11 is 0. The van der Waals surface area contributed by atoms with Gasteiger partial charge in [-0.15, -0.1) is 0 Å². The van der Waals surface area contributed by atoms with E-state index in [9.17, 15) is 10.2 Å². The van der Waals surface area contributed by atoms with E-state index in [4.69, 9.17) is 10.2 Å². The number of rotatable bonds is 16. The van der Waals surface area contributed by atoms with Crippen LogP contribution in [0.3, 0.4) is 0 Å². The van der Waals surface area contributed by atoms with Crippen molar-refractivity contribution in [3.8, 4) is 11.5 Å². The number of hydrogen-bond donors (Lipinski definition) is 4. The first-order chi connectivity index (χ1) is 17.5. The molecular weight excluding hydrogens is 460 g/mol. The maximum atomic E-state index is 11.4. The molecule has 4 heteroatoms. The standard InChI is InChI=1S/C33H52O4/c1-7-32(3,4)28-21-24(15-11-9-13-17-34)19-26(30(28)36)23-27-20-25(16-12-10-14-18-35)22-29(31(27)37)33(5,6)8-2/h19-22,34-37H,7-18,23H2,1-6H3. The number of phenolic OH excluding ortho intramolecular Hbond substituents is 2. The van der Waals surface area contributed by atoms with Crippen LogP contribution >= 0.6 is 0 Å². The first-order valence-electron chi connectivity index (χ1n) is 14.4. The van der Waals surface area contributed by atoms with Gasteiger partial charge in [-0.1, -0.05) is 78.6 Å². The van der Waals surface area contributed by atoms with Gasteiger partial charge in [-0.25, -0.2) is 0 Å². The van der Waals surface area contributed by atoms with Crippen molar-refractivity contribution >= 4 is 0 Å². The Hall–Kier alpha value is -2.04. The van der Waals surface area contributed by atoms with Gasteiger partial charge in [0.2, 0.25) is 0 Å². The van der Waals surface area contributed by atoms with Crippen molar-refractivity contribution in [3.63, 3.8) is 0 Å². The van der Waals surface area contributed by atoms with Gasteiger partial charge in [0.15, 0.2) is 0 Å². The Bertz CT molecular complexity index is 911.